The molecule has 1 unspecified atom stereocenters. The highest BCUT2D eigenvalue weighted by atomic mass is 16.7. The molecule has 1 aromatic carbocycles. The zero-order valence-corrected chi connectivity index (χ0v) is 14.8. The van der Waals surface area contributed by atoms with E-state index < -0.39 is 0 Å². The fourth-order valence-corrected chi connectivity index (χ4v) is 3.90. The Morgan fingerprint density at radius 2 is 2.07 bits per heavy atom. The Balaban J connectivity index is 1.22. The number of nitrogens with zero attached hydrogens (tertiary/aromatic N) is 2. The zero-order chi connectivity index (χ0) is 18.3. The molecular formula is C20H20N2O5. The summed E-state index contributed by atoms with van der Waals surface area (Å²) in [6, 6.07) is 10.9. The van der Waals surface area contributed by atoms with Crippen molar-refractivity contribution in [1.82, 2.24) is 9.88 Å². The van der Waals surface area contributed by atoms with Gasteiger partial charge >= 0.3 is 0 Å². The summed E-state index contributed by atoms with van der Waals surface area (Å²) in [6.07, 6.45) is 3.36. The van der Waals surface area contributed by atoms with Crippen LogP contribution in [-0.2, 0) is 4.74 Å². The first kappa shape index (κ1) is 16.4. The van der Waals surface area contributed by atoms with Crippen LogP contribution in [0.15, 0.2) is 42.6 Å². The largest absolute Gasteiger partial charge is 0.474 e. The van der Waals surface area contributed by atoms with E-state index in [0.717, 1.165) is 12.8 Å². The second-order valence-corrected chi connectivity index (χ2v) is 7.16. The third-order valence-corrected chi connectivity index (χ3v) is 5.24. The van der Waals surface area contributed by atoms with Gasteiger partial charge in [-0.2, -0.15) is 0 Å². The number of amides is 1. The first-order valence-corrected chi connectivity index (χ1v) is 9.11. The minimum atomic E-state index is -0.316. The van der Waals surface area contributed by atoms with E-state index in [0.29, 0.717) is 42.6 Å². The van der Waals surface area contributed by atoms with E-state index in [1.165, 1.54) is 0 Å². The van der Waals surface area contributed by atoms with Crippen LogP contribution >= 0.6 is 0 Å². The number of aromatic nitrogens is 1. The van der Waals surface area contributed by atoms with Crippen LogP contribution in [0.2, 0.25) is 0 Å². The molecule has 2 saturated heterocycles. The summed E-state index contributed by atoms with van der Waals surface area (Å²) < 4.78 is 22.7. The molecule has 140 valence electrons. The number of pyridine rings is 1. The van der Waals surface area contributed by atoms with Gasteiger partial charge in [0.1, 0.15) is 11.7 Å². The maximum Gasteiger partial charge on any atom is 0.254 e. The topological polar surface area (TPSA) is 70.1 Å². The molecule has 7 nitrogen and oxygen atoms in total. The predicted molar refractivity (Wildman–Crippen MR) is 95.0 cm³/mol. The van der Waals surface area contributed by atoms with Crippen LogP contribution in [-0.4, -0.2) is 54.0 Å². The summed E-state index contributed by atoms with van der Waals surface area (Å²) >= 11 is 0. The number of fused-ring (bicyclic) bond motifs is 1. The molecule has 2 fully saturated rings. The lowest BCUT2D eigenvalue weighted by atomic mass is 9.84. The highest BCUT2D eigenvalue weighted by molar-refractivity contribution is 5.95. The Bertz CT molecular complexity index is 851. The van der Waals surface area contributed by atoms with E-state index in [1.807, 2.05) is 18.2 Å². The second kappa shape index (κ2) is 6.42. The Morgan fingerprint density at radius 3 is 2.93 bits per heavy atom. The maximum atomic E-state index is 12.8. The van der Waals surface area contributed by atoms with Crippen LogP contribution in [0.5, 0.6) is 17.4 Å². The van der Waals surface area contributed by atoms with Crippen molar-refractivity contribution in [2.24, 2.45) is 0 Å². The van der Waals surface area contributed by atoms with Crippen LogP contribution in [0.1, 0.15) is 23.2 Å². The van der Waals surface area contributed by atoms with Crippen molar-refractivity contribution in [3.05, 3.63) is 48.2 Å². The summed E-state index contributed by atoms with van der Waals surface area (Å²) in [6.45, 7) is 1.97. The number of hydrogen-bond donors (Lipinski definition) is 0. The number of carbonyl (C=O) groups excluding carboxylic acids is 1. The van der Waals surface area contributed by atoms with E-state index in [-0.39, 0.29) is 24.4 Å². The first-order chi connectivity index (χ1) is 13.2. The lowest BCUT2D eigenvalue weighted by Crippen LogP contribution is -2.67. The molecule has 5 rings (SSSR count). The van der Waals surface area contributed by atoms with Crippen LogP contribution in [0.3, 0.4) is 0 Å². The van der Waals surface area contributed by atoms with Crippen LogP contribution in [0.4, 0.5) is 0 Å². The number of ether oxygens (including phenoxy) is 4. The Morgan fingerprint density at radius 1 is 1.19 bits per heavy atom. The number of hydrogen-bond acceptors (Lipinski definition) is 6. The molecule has 7 heteroatoms. The van der Waals surface area contributed by atoms with Crippen molar-refractivity contribution in [2.75, 3.05) is 26.5 Å². The third kappa shape index (κ3) is 3.08. The molecule has 0 radical (unpaired) electrons. The highest BCUT2D eigenvalue weighted by Crippen LogP contribution is 2.38. The molecule has 1 amide bonds. The summed E-state index contributed by atoms with van der Waals surface area (Å²) in [7, 11) is 0. The summed E-state index contributed by atoms with van der Waals surface area (Å²) in [4.78, 5) is 18.8. The molecule has 3 aliphatic rings. The molecule has 4 heterocycles. The van der Waals surface area contributed by atoms with Gasteiger partial charge in [0.25, 0.3) is 5.91 Å². The van der Waals surface area contributed by atoms with Gasteiger partial charge in [0.2, 0.25) is 12.7 Å². The molecule has 0 N–H and O–H groups in total. The van der Waals surface area contributed by atoms with E-state index >= 15 is 0 Å². The normalized spacial score (nSPS) is 22.4. The Kier molecular flexibility index (Phi) is 3.89. The van der Waals surface area contributed by atoms with Gasteiger partial charge < -0.3 is 23.8 Å². The average molecular weight is 368 g/mol. The van der Waals surface area contributed by atoms with Crippen molar-refractivity contribution in [3.63, 3.8) is 0 Å². The highest BCUT2D eigenvalue weighted by Gasteiger charge is 2.50. The molecule has 27 heavy (non-hydrogen) atoms. The third-order valence-electron chi connectivity index (χ3n) is 5.24. The lowest BCUT2D eigenvalue weighted by Gasteiger charge is -2.52. The zero-order valence-electron chi connectivity index (χ0n) is 14.8. The fourth-order valence-electron chi connectivity index (χ4n) is 3.90. The van der Waals surface area contributed by atoms with Crippen molar-refractivity contribution < 1.29 is 23.7 Å². The summed E-state index contributed by atoms with van der Waals surface area (Å²) in [5.41, 5.74) is 0.287. The van der Waals surface area contributed by atoms with E-state index in [4.69, 9.17) is 18.9 Å². The van der Waals surface area contributed by atoms with E-state index in [1.54, 1.807) is 29.3 Å². The Hall–Kier alpha value is -2.80. The van der Waals surface area contributed by atoms with Crippen LogP contribution < -0.4 is 14.2 Å². The first-order valence-electron chi connectivity index (χ1n) is 9.11. The van der Waals surface area contributed by atoms with Gasteiger partial charge in [-0.15, -0.1) is 0 Å². The van der Waals surface area contributed by atoms with Crippen LogP contribution in [0, 0.1) is 0 Å². The number of likely N-dealkylation sites (tertiary alicyclic amines) is 1. The molecule has 2 aromatic rings. The molecule has 0 saturated carbocycles. The van der Waals surface area contributed by atoms with Crippen molar-refractivity contribution in [1.29, 1.82) is 0 Å². The molecule has 1 aromatic heterocycles. The number of carbonyl (C=O) groups is 1. The molecular weight excluding hydrogens is 348 g/mol. The number of benzene rings is 1. The van der Waals surface area contributed by atoms with Gasteiger partial charge in [-0.1, -0.05) is 6.07 Å². The average Bonchev–Trinajstić information content (AvgIpc) is 3.14. The smallest absolute Gasteiger partial charge is 0.254 e. The molecule has 0 bridgehead atoms. The summed E-state index contributed by atoms with van der Waals surface area (Å²) in [5, 5.41) is 0. The minimum absolute atomic E-state index is 0.0182. The minimum Gasteiger partial charge on any atom is -0.474 e. The molecule has 0 aliphatic carbocycles. The maximum absolute atomic E-state index is 12.8. The van der Waals surface area contributed by atoms with Crippen LogP contribution in [0.25, 0.3) is 0 Å². The van der Waals surface area contributed by atoms with E-state index in [9.17, 15) is 4.79 Å². The van der Waals surface area contributed by atoms with Gasteiger partial charge in [0, 0.05) is 30.7 Å². The lowest BCUT2D eigenvalue weighted by molar-refractivity contribution is -0.174. The molecule has 1 spiro atoms. The number of rotatable bonds is 3. The van der Waals surface area contributed by atoms with Crippen molar-refractivity contribution in [3.8, 4) is 17.4 Å². The molecule has 1 atom stereocenters. The predicted octanol–water partition coefficient (Wildman–Crippen LogP) is 2.26. The fraction of sp³-hybridized carbons (Fsp3) is 0.400. The molecule has 3 aliphatic heterocycles. The Labute approximate surface area is 156 Å². The van der Waals surface area contributed by atoms with Gasteiger partial charge in [0.15, 0.2) is 11.5 Å². The quantitative estimate of drug-likeness (QED) is 0.828. The van der Waals surface area contributed by atoms with Crippen molar-refractivity contribution >= 4 is 5.91 Å². The second-order valence-electron chi connectivity index (χ2n) is 7.16. The monoisotopic (exact) mass is 368 g/mol. The SMILES string of the molecule is O=C(c1ccc2c(c1)OCO2)N1CC2(CC(Oc3ccccn3)CCO2)C1. The van der Waals surface area contributed by atoms with Gasteiger partial charge in [-0.05, 0) is 24.3 Å². The van der Waals surface area contributed by atoms with E-state index in [2.05, 4.69) is 4.98 Å². The summed E-state index contributed by atoms with van der Waals surface area (Å²) in [5.74, 6) is 1.91. The van der Waals surface area contributed by atoms with Gasteiger partial charge in [0.05, 0.1) is 19.7 Å². The van der Waals surface area contributed by atoms with Crippen molar-refractivity contribution in [2.45, 2.75) is 24.5 Å². The van der Waals surface area contributed by atoms with Gasteiger partial charge in [-0.25, -0.2) is 4.98 Å². The van der Waals surface area contributed by atoms with Gasteiger partial charge in [-0.3, -0.25) is 4.79 Å². The standard InChI is InChI=1S/C20H20N2O5/c23-19(14-4-5-16-17(9-14)25-13-24-16)22-11-20(12-22)10-15(6-8-26-20)27-18-3-1-2-7-21-18/h1-5,7,9,15H,6,8,10-13H2.